The zero-order valence-electron chi connectivity index (χ0n) is 11.1. The molecule has 0 spiro atoms. The first-order valence-corrected chi connectivity index (χ1v) is 6.81. The van der Waals surface area contributed by atoms with Crippen LogP contribution in [-0.2, 0) is 9.53 Å². The number of aliphatic hydroxyl groups excluding tert-OH is 2. The molecule has 104 valence electrons. The minimum Gasteiger partial charge on any atom is -0.458 e. The molecule has 19 heavy (non-hydrogen) atoms. The van der Waals surface area contributed by atoms with Crippen LogP contribution < -0.4 is 0 Å². The van der Waals surface area contributed by atoms with Gasteiger partial charge >= 0.3 is 5.97 Å². The van der Waals surface area contributed by atoms with E-state index in [0.29, 0.717) is 24.8 Å². The molecule has 0 aromatic rings. The van der Waals surface area contributed by atoms with Crippen molar-refractivity contribution < 1.29 is 19.7 Å². The molecule has 0 aromatic carbocycles. The van der Waals surface area contributed by atoms with E-state index in [1.165, 1.54) is 0 Å². The van der Waals surface area contributed by atoms with Crippen LogP contribution in [0.3, 0.4) is 0 Å². The third-order valence-corrected chi connectivity index (χ3v) is 5.44. The highest BCUT2D eigenvalue weighted by molar-refractivity contribution is 5.91. The Morgan fingerprint density at radius 2 is 2.00 bits per heavy atom. The van der Waals surface area contributed by atoms with Gasteiger partial charge < -0.3 is 14.9 Å². The lowest BCUT2D eigenvalue weighted by atomic mass is 9.53. The zero-order chi connectivity index (χ0) is 13.9. The van der Waals surface area contributed by atoms with E-state index in [1.807, 2.05) is 6.92 Å². The summed E-state index contributed by atoms with van der Waals surface area (Å²) in [6, 6.07) is 0. The van der Waals surface area contributed by atoms with Crippen LogP contribution in [0.25, 0.3) is 0 Å². The fourth-order valence-electron chi connectivity index (χ4n) is 4.15. The van der Waals surface area contributed by atoms with Crippen molar-refractivity contribution in [2.45, 2.75) is 44.5 Å². The number of fused-ring (bicyclic) bond motifs is 3. The first kappa shape index (κ1) is 12.9. The minimum atomic E-state index is -0.679. The van der Waals surface area contributed by atoms with Gasteiger partial charge in [-0.15, -0.1) is 0 Å². The van der Waals surface area contributed by atoms with Crippen LogP contribution in [0.5, 0.6) is 0 Å². The molecule has 1 aliphatic heterocycles. The fraction of sp³-hybridized carbons (Fsp3) is 0.667. The smallest absolute Gasteiger partial charge is 0.334 e. The van der Waals surface area contributed by atoms with Crippen molar-refractivity contribution in [3.63, 3.8) is 0 Å². The Morgan fingerprint density at radius 3 is 2.68 bits per heavy atom. The molecule has 0 bridgehead atoms. The standard InChI is InChI=1S/C15H20O4/c1-7-4-5-10(16)15(3)11(17)6-9-8(2)14(18)19-13(9)12(7)15/h9-13,16-17H,1-2,4-6H2,3H3. The number of ether oxygens (including phenoxy) is 1. The molecular formula is C15H20O4. The van der Waals surface area contributed by atoms with Gasteiger partial charge in [-0.25, -0.2) is 4.79 Å². The van der Waals surface area contributed by atoms with Gasteiger partial charge in [-0.05, 0) is 19.3 Å². The van der Waals surface area contributed by atoms with E-state index < -0.39 is 17.6 Å². The lowest BCUT2D eigenvalue weighted by Gasteiger charge is -2.54. The maximum Gasteiger partial charge on any atom is 0.334 e. The molecule has 2 N–H and O–H groups in total. The van der Waals surface area contributed by atoms with Gasteiger partial charge in [0.25, 0.3) is 0 Å². The third-order valence-electron chi connectivity index (χ3n) is 5.44. The maximum atomic E-state index is 11.7. The lowest BCUT2D eigenvalue weighted by Crippen LogP contribution is -2.60. The highest BCUT2D eigenvalue weighted by Gasteiger charge is 2.61. The average molecular weight is 264 g/mol. The minimum absolute atomic E-state index is 0.150. The van der Waals surface area contributed by atoms with Gasteiger partial charge in [0, 0.05) is 22.8 Å². The van der Waals surface area contributed by atoms with Crippen LogP contribution in [0, 0.1) is 17.3 Å². The second-order valence-corrected chi connectivity index (χ2v) is 6.31. The molecule has 4 nitrogen and oxygen atoms in total. The van der Waals surface area contributed by atoms with Crippen LogP contribution >= 0.6 is 0 Å². The van der Waals surface area contributed by atoms with E-state index in [9.17, 15) is 15.0 Å². The normalized spacial score (nSPS) is 49.6. The molecule has 0 radical (unpaired) electrons. The van der Waals surface area contributed by atoms with Gasteiger partial charge in [-0.3, -0.25) is 0 Å². The summed E-state index contributed by atoms with van der Waals surface area (Å²) in [5.41, 5.74) is 0.726. The van der Waals surface area contributed by atoms with Crippen molar-refractivity contribution in [3.05, 3.63) is 24.3 Å². The zero-order valence-corrected chi connectivity index (χ0v) is 11.1. The van der Waals surface area contributed by atoms with Gasteiger partial charge in [0.15, 0.2) is 0 Å². The number of aliphatic hydroxyl groups is 2. The van der Waals surface area contributed by atoms with Crippen LogP contribution in [0.2, 0.25) is 0 Å². The van der Waals surface area contributed by atoms with Crippen LogP contribution in [0.15, 0.2) is 24.3 Å². The van der Waals surface area contributed by atoms with Gasteiger partial charge in [-0.2, -0.15) is 0 Å². The average Bonchev–Trinajstić information content (AvgIpc) is 2.62. The van der Waals surface area contributed by atoms with E-state index in [1.54, 1.807) is 0 Å². The summed E-state index contributed by atoms with van der Waals surface area (Å²) in [5.74, 6) is -0.713. The van der Waals surface area contributed by atoms with E-state index in [-0.39, 0.29) is 23.9 Å². The Bertz CT molecular complexity index is 469. The number of carbonyl (C=O) groups excluding carboxylic acids is 1. The molecular weight excluding hydrogens is 244 g/mol. The molecule has 4 heteroatoms. The van der Waals surface area contributed by atoms with Gasteiger partial charge in [-0.1, -0.05) is 25.7 Å². The van der Waals surface area contributed by atoms with Crippen LogP contribution in [0.1, 0.15) is 26.2 Å². The molecule has 0 aromatic heterocycles. The fourth-order valence-corrected chi connectivity index (χ4v) is 4.15. The van der Waals surface area contributed by atoms with E-state index >= 15 is 0 Å². The first-order chi connectivity index (χ1) is 8.87. The maximum absolute atomic E-state index is 11.7. The Balaban J connectivity index is 2.06. The largest absolute Gasteiger partial charge is 0.458 e. The van der Waals surface area contributed by atoms with Crippen molar-refractivity contribution in [2.24, 2.45) is 17.3 Å². The molecule has 2 aliphatic carbocycles. The Labute approximate surface area is 112 Å². The number of hydrogen-bond donors (Lipinski definition) is 2. The molecule has 3 fully saturated rings. The highest BCUT2D eigenvalue weighted by atomic mass is 16.6. The Hall–Kier alpha value is -1.13. The van der Waals surface area contributed by atoms with E-state index in [2.05, 4.69) is 13.2 Å². The monoisotopic (exact) mass is 264 g/mol. The SMILES string of the molecule is C=C1C(=O)OC2C1CC(O)C1(C)C(O)CCC(=C)C21. The lowest BCUT2D eigenvalue weighted by molar-refractivity contribution is -0.175. The van der Waals surface area contributed by atoms with Crippen molar-refractivity contribution in [1.29, 1.82) is 0 Å². The summed E-state index contributed by atoms with van der Waals surface area (Å²) in [6.07, 6.45) is 0.155. The second-order valence-electron chi connectivity index (χ2n) is 6.31. The molecule has 3 rings (SSSR count). The van der Waals surface area contributed by atoms with Crippen LogP contribution in [0.4, 0.5) is 0 Å². The number of carbonyl (C=O) groups is 1. The van der Waals surface area contributed by atoms with E-state index in [4.69, 9.17) is 4.74 Å². The molecule has 1 heterocycles. The predicted molar refractivity (Wildman–Crippen MR) is 69.1 cm³/mol. The van der Waals surface area contributed by atoms with Crippen LogP contribution in [-0.4, -0.2) is 34.5 Å². The number of esters is 1. The van der Waals surface area contributed by atoms with Crippen molar-refractivity contribution in [1.82, 2.24) is 0 Å². The summed E-state index contributed by atoms with van der Waals surface area (Å²) in [5, 5.41) is 20.8. The molecule has 6 unspecified atom stereocenters. The molecule has 2 saturated carbocycles. The van der Waals surface area contributed by atoms with Gasteiger partial charge in [0.1, 0.15) is 6.10 Å². The highest BCUT2D eigenvalue weighted by Crippen LogP contribution is 2.57. The van der Waals surface area contributed by atoms with Gasteiger partial charge in [0.2, 0.25) is 0 Å². The van der Waals surface area contributed by atoms with Crippen molar-refractivity contribution in [2.75, 3.05) is 0 Å². The molecule has 0 amide bonds. The summed E-state index contributed by atoms with van der Waals surface area (Å²) < 4.78 is 5.46. The van der Waals surface area contributed by atoms with Crippen molar-refractivity contribution in [3.8, 4) is 0 Å². The molecule has 1 saturated heterocycles. The Morgan fingerprint density at radius 1 is 1.32 bits per heavy atom. The number of rotatable bonds is 0. The summed E-state index contributed by atoms with van der Waals surface area (Å²) in [7, 11) is 0. The second kappa shape index (κ2) is 3.93. The predicted octanol–water partition coefficient (Wildman–Crippen LogP) is 1.18. The van der Waals surface area contributed by atoms with E-state index in [0.717, 1.165) is 5.57 Å². The topological polar surface area (TPSA) is 66.8 Å². The third kappa shape index (κ3) is 1.50. The number of hydrogen-bond acceptors (Lipinski definition) is 4. The van der Waals surface area contributed by atoms with Crippen molar-refractivity contribution >= 4 is 5.97 Å². The quantitative estimate of drug-likeness (QED) is 0.392. The van der Waals surface area contributed by atoms with Gasteiger partial charge in [0.05, 0.1) is 12.2 Å². The first-order valence-electron chi connectivity index (χ1n) is 6.81. The summed E-state index contributed by atoms with van der Waals surface area (Å²) >= 11 is 0. The molecule has 3 aliphatic rings. The summed E-state index contributed by atoms with van der Waals surface area (Å²) in [6.45, 7) is 9.74. The Kier molecular flexibility index (Phi) is 2.67. The molecule has 6 atom stereocenters. The summed E-state index contributed by atoms with van der Waals surface area (Å²) in [4.78, 5) is 11.7.